The number of carbonyl (C=O) groups is 1. The lowest BCUT2D eigenvalue weighted by atomic mass is 10.1. The molecule has 158 valence electrons. The molecule has 0 spiro atoms. The van der Waals surface area contributed by atoms with E-state index in [1.165, 1.54) is 27.7 Å². The lowest BCUT2D eigenvalue weighted by molar-refractivity contribution is -0.113. The van der Waals surface area contributed by atoms with E-state index in [2.05, 4.69) is 10.3 Å². The van der Waals surface area contributed by atoms with Crippen LogP contribution in [-0.4, -0.2) is 21.2 Å². The summed E-state index contributed by atoms with van der Waals surface area (Å²) in [5, 5.41) is 5.89. The highest BCUT2D eigenvalue weighted by Gasteiger charge is 2.16. The summed E-state index contributed by atoms with van der Waals surface area (Å²) < 4.78 is 2.12. The van der Waals surface area contributed by atoms with Gasteiger partial charge in [-0.15, -0.1) is 11.3 Å². The van der Waals surface area contributed by atoms with Gasteiger partial charge >= 0.3 is 0 Å². The van der Waals surface area contributed by atoms with E-state index in [4.69, 9.17) is 11.6 Å². The van der Waals surface area contributed by atoms with E-state index in [9.17, 15) is 9.59 Å². The number of thiophene rings is 1. The number of amides is 1. The predicted molar refractivity (Wildman–Crippen MR) is 130 cm³/mol. The molecule has 0 unspecified atom stereocenters. The fourth-order valence-electron chi connectivity index (χ4n) is 3.49. The van der Waals surface area contributed by atoms with Crippen LogP contribution in [0.2, 0.25) is 5.02 Å². The van der Waals surface area contributed by atoms with Gasteiger partial charge in [0.25, 0.3) is 5.56 Å². The third-order valence-corrected chi connectivity index (χ3v) is 6.89. The largest absolute Gasteiger partial charge is 0.325 e. The average Bonchev–Trinajstić information content (AvgIpc) is 3.19. The SMILES string of the molecule is Cc1cc(C)c(NC(=O)CSc2nc3ccsc3c(=O)n2-c2ccc(Cl)cc2)c(C)c1. The zero-order chi connectivity index (χ0) is 22.1. The van der Waals surface area contributed by atoms with Crippen LogP contribution in [0.5, 0.6) is 0 Å². The molecule has 0 saturated carbocycles. The molecule has 2 aromatic heterocycles. The minimum absolute atomic E-state index is 0.127. The van der Waals surface area contributed by atoms with Crippen LogP contribution in [0.4, 0.5) is 5.69 Å². The number of thioether (sulfide) groups is 1. The molecule has 0 bridgehead atoms. The standard InChI is InChI=1S/C23H20ClN3O2S2/c1-13-10-14(2)20(15(3)11-13)26-19(28)12-31-23-25-18-8-9-30-21(18)22(29)27(23)17-6-4-16(24)5-7-17/h4-11H,12H2,1-3H3,(H,26,28). The van der Waals surface area contributed by atoms with Gasteiger partial charge in [0.2, 0.25) is 5.91 Å². The van der Waals surface area contributed by atoms with E-state index < -0.39 is 0 Å². The van der Waals surface area contributed by atoms with Gasteiger partial charge in [0.15, 0.2) is 5.16 Å². The number of hydrogen-bond donors (Lipinski definition) is 1. The lowest BCUT2D eigenvalue weighted by Crippen LogP contribution is -2.22. The van der Waals surface area contributed by atoms with Gasteiger partial charge in [0.05, 0.1) is 17.0 Å². The molecule has 0 atom stereocenters. The third-order valence-electron chi connectivity index (χ3n) is 4.81. The van der Waals surface area contributed by atoms with E-state index in [1.54, 1.807) is 24.3 Å². The van der Waals surface area contributed by atoms with Crippen LogP contribution < -0.4 is 10.9 Å². The molecule has 2 aromatic carbocycles. The van der Waals surface area contributed by atoms with Gasteiger partial charge in [-0.05, 0) is 67.6 Å². The first kappa shape index (κ1) is 21.6. The van der Waals surface area contributed by atoms with Crippen molar-refractivity contribution in [1.29, 1.82) is 0 Å². The van der Waals surface area contributed by atoms with E-state index >= 15 is 0 Å². The number of hydrogen-bond acceptors (Lipinski definition) is 5. The first-order chi connectivity index (χ1) is 14.8. The predicted octanol–water partition coefficient (Wildman–Crippen LogP) is 5.76. The Morgan fingerprint density at radius 1 is 1.13 bits per heavy atom. The zero-order valence-electron chi connectivity index (χ0n) is 17.2. The number of nitrogens with one attached hydrogen (secondary N) is 1. The maximum absolute atomic E-state index is 13.1. The summed E-state index contributed by atoms with van der Waals surface area (Å²) in [5.41, 5.74) is 5.16. The summed E-state index contributed by atoms with van der Waals surface area (Å²) >= 11 is 8.60. The van der Waals surface area contributed by atoms with Crippen LogP contribution in [-0.2, 0) is 4.79 Å². The second-order valence-electron chi connectivity index (χ2n) is 7.26. The molecule has 0 aliphatic rings. The number of carbonyl (C=O) groups excluding carboxylic acids is 1. The van der Waals surface area contributed by atoms with Crippen molar-refractivity contribution in [2.75, 3.05) is 11.1 Å². The number of aryl methyl sites for hydroxylation is 3. The Bertz CT molecular complexity index is 1320. The molecular formula is C23H20ClN3O2S2. The summed E-state index contributed by atoms with van der Waals surface area (Å²) in [5.74, 6) is -0.0232. The Morgan fingerprint density at radius 2 is 1.81 bits per heavy atom. The summed E-state index contributed by atoms with van der Waals surface area (Å²) in [6, 6.07) is 12.9. The molecule has 0 aliphatic heterocycles. The summed E-state index contributed by atoms with van der Waals surface area (Å²) in [4.78, 5) is 30.5. The van der Waals surface area contributed by atoms with Crippen molar-refractivity contribution in [3.05, 3.63) is 79.9 Å². The van der Waals surface area contributed by atoms with Crippen molar-refractivity contribution in [2.45, 2.75) is 25.9 Å². The van der Waals surface area contributed by atoms with Crippen LogP contribution in [0.15, 0.2) is 57.8 Å². The number of nitrogens with zero attached hydrogens (tertiary/aromatic N) is 2. The van der Waals surface area contributed by atoms with Crippen molar-refractivity contribution in [1.82, 2.24) is 9.55 Å². The van der Waals surface area contributed by atoms with E-state index in [1.807, 2.05) is 44.4 Å². The fraction of sp³-hybridized carbons (Fsp3) is 0.174. The van der Waals surface area contributed by atoms with E-state index in [-0.39, 0.29) is 17.2 Å². The molecule has 1 N–H and O–H groups in total. The molecule has 0 radical (unpaired) electrons. The number of fused-ring (bicyclic) bond motifs is 1. The Kier molecular flexibility index (Phi) is 6.18. The molecule has 0 fully saturated rings. The maximum Gasteiger partial charge on any atom is 0.276 e. The number of halogens is 1. The first-order valence-corrected chi connectivity index (χ1v) is 11.8. The second kappa shape index (κ2) is 8.86. The zero-order valence-corrected chi connectivity index (χ0v) is 19.6. The van der Waals surface area contributed by atoms with Gasteiger partial charge in [0.1, 0.15) is 4.70 Å². The van der Waals surface area contributed by atoms with E-state index in [0.29, 0.717) is 26.1 Å². The normalized spacial score (nSPS) is 11.1. The number of aromatic nitrogens is 2. The Balaban J connectivity index is 1.64. The van der Waals surface area contributed by atoms with Crippen molar-refractivity contribution >= 4 is 56.5 Å². The minimum Gasteiger partial charge on any atom is -0.325 e. The van der Waals surface area contributed by atoms with Gasteiger partial charge in [-0.2, -0.15) is 0 Å². The summed E-state index contributed by atoms with van der Waals surface area (Å²) in [6.07, 6.45) is 0. The monoisotopic (exact) mass is 469 g/mol. The molecule has 5 nitrogen and oxygen atoms in total. The van der Waals surface area contributed by atoms with Gasteiger partial charge in [-0.3, -0.25) is 14.2 Å². The molecule has 1 amide bonds. The Morgan fingerprint density at radius 3 is 2.48 bits per heavy atom. The van der Waals surface area contributed by atoms with Crippen molar-refractivity contribution < 1.29 is 4.79 Å². The molecule has 0 aliphatic carbocycles. The van der Waals surface area contributed by atoms with Crippen molar-refractivity contribution in [3.63, 3.8) is 0 Å². The summed E-state index contributed by atoms with van der Waals surface area (Å²) in [6.45, 7) is 5.99. The molecule has 0 saturated heterocycles. The molecule has 31 heavy (non-hydrogen) atoms. The molecular weight excluding hydrogens is 450 g/mol. The van der Waals surface area contributed by atoms with Gasteiger partial charge in [0, 0.05) is 10.7 Å². The molecule has 8 heteroatoms. The first-order valence-electron chi connectivity index (χ1n) is 9.60. The van der Waals surface area contributed by atoms with Gasteiger partial charge in [-0.25, -0.2) is 4.98 Å². The molecule has 4 rings (SSSR count). The average molecular weight is 470 g/mol. The van der Waals surface area contributed by atoms with Crippen LogP contribution >= 0.6 is 34.7 Å². The topological polar surface area (TPSA) is 64.0 Å². The highest BCUT2D eigenvalue weighted by Crippen LogP contribution is 2.26. The highest BCUT2D eigenvalue weighted by atomic mass is 35.5. The van der Waals surface area contributed by atoms with Crippen LogP contribution in [0.1, 0.15) is 16.7 Å². The second-order valence-corrected chi connectivity index (χ2v) is 9.55. The van der Waals surface area contributed by atoms with Gasteiger partial charge in [-0.1, -0.05) is 41.1 Å². The minimum atomic E-state index is -0.157. The Hall–Kier alpha value is -2.61. The molecule has 4 aromatic rings. The molecule has 2 heterocycles. The fourth-order valence-corrected chi connectivity index (χ4v) is 5.19. The van der Waals surface area contributed by atoms with Crippen LogP contribution in [0, 0.1) is 20.8 Å². The van der Waals surface area contributed by atoms with E-state index in [0.717, 1.165) is 22.4 Å². The van der Waals surface area contributed by atoms with Crippen molar-refractivity contribution in [2.24, 2.45) is 0 Å². The van der Waals surface area contributed by atoms with Gasteiger partial charge < -0.3 is 5.32 Å². The number of anilines is 1. The number of benzene rings is 2. The number of rotatable bonds is 5. The maximum atomic E-state index is 13.1. The Labute approximate surface area is 193 Å². The van der Waals surface area contributed by atoms with Crippen LogP contribution in [0.3, 0.4) is 0 Å². The van der Waals surface area contributed by atoms with Crippen molar-refractivity contribution in [3.8, 4) is 5.69 Å². The third kappa shape index (κ3) is 4.54. The summed E-state index contributed by atoms with van der Waals surface area (Å²) in [7, 11) is 0. The smallest absolute Gasteiger partial charge is 0.276 e. The van der Waals surface area contributed by atoms with Crippen LogP contribution in [0.25, 0.3) is 15.9 Å². The quantitative estimate of drug-likeness (QED) is 0.298. The lowest BCUT2D eigenvalue weighted by Gasteiger charge is -2.14. The highest BCUT2D eigenvalue weighted by molar-refractivity contribution is 7.99.